The standard InChI is InChI=1S/C21H15ClN2O3/c22-14-9-11-15(12-10-14)26-13-20(25)23-17-6-2-1-5-16(17)21-24-18-7-3-4-8-19(18)27-21/h1-12H,13H2,(H,23,25). The SMILES string of the molecule is O=C(COc1ccc(Cl)cc1)Nc1ccccc1-c1nc2ccccc2o1. The van der Waals surface area contributed by atoms with Crippen molar-refractivity contribution >= 4 is 34.3 Å². The molecule has 0 fully saturated rings. The molecule has 0 aliphatic heterocycles. The molecule has 1 amide bonds. The molecule has 4 rings (SSSR count). The van der Waals surface area contributed by atoms with Gasteiger partial charge in [0, 0.05) is 5.02 Å². The zero-order valence-electron chi connectivity index (χ0n) is 14.2. The second-order valence-corrected chi connectivity index (χ2v) is 6.26. The number of nitrogens with one attached hydrogen (secondary N) is 1. The van der Waals surface area contributed by atoms with Gasteiger partial charge < -0.3 is 14.5 Å². The molecule has 6 heteroatoms. The fourth-order valence-electron chi connectivity index (χ4n) is 2.63. The highest BCUT2D eigenvalue weighted by Gasteiger charge is 2.14. The van der Waals surface area contributed by atoms with E-state index in [0.29, 0.717) is 33.5 Å². The Morgan fingerprint density at radius 1 is 1.00 bits per heavy atom. The molecule has 0 bridgehead atoms. The van der Waals surface area contributed by atoms with E-state index in [1.807, 2.05) is 42.5 Å². The summed E-state index contributed by atoms with van der Waals surface area (Å²) in [7, 11) is 0. The molecule has 3 aromatic carbocycles. The van der Waals surface area contributed by atoms with Gasteiger partial charge >= 0.3 is 0 Å². The van der Waals surface area contributed by atoms with Crippen molar-refractivity contribution in [3.8, 4) is 17.2 Å². The van der Waals surface area contributed by atoms with Gasteiger partial charge in [-0.1, -0.05) is 35.9 Å². The molecule has 0 aliphatic rings. The highest BCUT2D eigenvalue weighted by atomic mass is 35.5. The Balaban J connectivity index is 1.50. The number of oxazole rings is 1. The molecule has 27 heavy (non-hydrogen) atoms. The van der Waals surface area contributed by atoms with Crippen molar-refractivity contribution in [1.82, 2.24) is 4.98 Å². The number of carbonyl (C=O) groups is 1. The van der Waals surface area contributed by atoms with E-state index in [1.54, 1.807) is 30.3 Å². The lowest BCUT2D eigenvalue weighted by Crippen LogP contribution is -2.20. The zero-order chi connectivity index (χ0) is 18.6. The minimum atomic E-state index is -0.284. The maximum absolute atomic E-state index is 12.3. The normalized spacial score (nSPS) is 10.7. The summed E-state index contributed by atoms with van der Waals surface area (Å²) in [6, 6.07) is 21.7. The van der Waals surface area contributed by atoms with Gasteiger partial charge in [-0.15, -0.1) is 0 Å². The van der Waals surface area contributed by atoms with Gasteiger partial charge in [0.1, 0.15) is 11.3 Å². The third-order valence-electron chi connectivity index (χ3n) is 3.91. The van der Waals surface area contributed by atoms with Crippen molar-refractivity contribution in [1.29, 1.82) is 0 Å². The van der Waals surface area contributed by atoms with Gasteiger partial charge in [0.05, 0.1) is 11.3 Å². The van der Waals surface area contributed by atoms with E-state index in [1.165, 1.54) is 0 Å². The number of aromatic nitrogens is 1. The van der Waals surface area contributed by atoms with Crippen molar-refractivity contribution in [2.75, 3.05) is 11.9 Å². The number of halogens is 1. The molecule has 1 heterocycles. The molecular weight excluding hydrogens is 364 g/mol. The number of para-hydroxylation sites is 3. The van der Waals surface area contributed by atoms with Crippen LogP contribution in [-0.2, 0) is 4.79 Å². The largest absolute Gasteiger partial charge is 0.484 e. The molecule has 134 valence electrons. The minimum Gasteiger partial charge on any atom is -0.484 e. The fourth-order valence-corrected chi connectivity index (χ4v) is 2.76. The van der Waals surface area contributed by atoms with Gasteiger partial charge in [0.2, 0.25) is 5.89 Å². The van der Waals surface area contributed by atoms with Crippen LogP contribution in [0.25, 0.3) is 22.6 Å². The Labute approximate surface area is 160 Å². The number of amides is 1. The highest BCUT2D eigenvalue weighted by molar-refractivity contribution is 6.30. The molecule has 1 aromatic heterocycles. The average molecular weight is 379 g/mol. The van der Waals surface area contributed by atoms with Crippen LogP contribution in [0, 0.1) is 0 Å². The quantitative estimate of drug-likeness (QED) is 0.520. The Morgan fingerprint density at radius 2 is 1.74 bits per heavy atom. The van der Waals surface area contributed by atoms with Crippen molar-refractivity contribution in [3.05, 3.63) is 77.8 Å². The third-order valence-corrected chi connectivity index (χ3v) is 4.16. The molecule has 0 spiro atoms. The number of rotatable bonds is 5. The van der Waals surface area contributed by atoms with Gasteiger partial charge in [0.25, 0.3) is 5.91 Å². The smallest absolute Gasteiger partial charge is 0.262 e. The summed E-state index contributed by atoms with van der Waals surface area (Å²) in [6.45, 7) is -0.122. The van der Waals surface area contributed by atoms with E-state index in [9.17, 15) is 4.79 Å². The fraction of sp³-hybridized carbons (Fsp3) is 0.0476. The van der Waals surface area contributed by atoms with Crippen LogP contribution in [0.1, 0.15) is 0 Å². The number of nitrogens with zero attached hydrogens (tertiary/aromatic N) is 1. The second-order valence-electron chi connectivity index (χ2n) is 5.82. The predicted octanol–water partition coefficient (Wildman–Crippen LogP) is 5.17. The van der Waals surface area contributed by atoms with Crippen molar-refractivity contribution in [2.45, 2.75) is 0 Å². The summed E-state index contributed by atoms with van der Waals surface area (Å²) < 4.78 is 11.3. The Hall–Kier alpha value is -3.31. The molecule has 0 atom stereocenters. The summed E-state index contributed by atoms with van der Waals surface area (Å²) >= 11 is 5.84. The molecular formula is C21H15ClN2O3. The molecule has 0 unspecified atom stereocenters. The van der Waals surface area contributed by atoms with Crippen LogP contribution in [0.15, 0.2) is 77.2 Å². The first-order valence-electron chi connectivity index (χ1n) is 8.32. The number of benzene rings is 3. The first kappa shape index (κ1) is 17.1. The van der Waals surface area contributed by atoms with E-state index in [0.717, 1.165) is 5.52 Å². The zero-order valence-corrected chi connectivity index (χ0v) is 14.9. The number of carbonyl (C=O) groups excluding carboxylic acids is 1. The third kappa shape index (κ3) is 3.93. The summed E-state index contributed by atoms with van der Waals surface area (Å²) in [5.74, 6) is 0.737. The van der Waals surface area contributed by atoms with Gasteiger partial charge in [0.15, 0.2) is 12.2 Å². The van der Waals surface area contributed by atoms with Crippen molar-refractivity contribution in [3.63, 3.8) is 0 Å². The number of fused-ring (bicyclic) bond motifs is 1. The average Bonchev–Trinajstić information content (AvgIpc) is 3.12. The van der Waals surface area contributed by atoms with Crippen LogP contribution in [0.2, 0.25) is 5.02 Å². The maximum Gasteiger partial charge on any atom is 0.262 e. The first-order valence-corrected chi connectivity index (χ1v) is 8.70. The van der Waals surface area contributed by atoms with Gasteiger partial charge in [-0.25, -0.2) is 4.98 Å². The van der Waals surface area contributed by atoms with E-state index in [4.69, 9.17) is 20.8 Å². The van der Waals surface area contributed by atoms with E-state index >= 15 is 0 Å². The van der Waals surface area contributed by atoms with Crippen molar-refractivity contribution in [2.24, 2.45) is 0 Å². The number of ether oxygens (including phenoxy) is 1. The van der Waals surface area contributed by atoms with Crippen molar-refractivity contribution < 1.29 is 13.9 Å². The van der Waals surface area contributed by atoms with Crippen LogP contribution in [0.4, 0.5) is 5.69 Å². The summed E-state index contributed by atoms with van der Waals surface area (Å²) in [5, 5.41) is 3.46. The topological polar surface area (TPSA) is 64.4 Å². The highest BCUT2D eigenvalue weighted by Crippen LogP contribution is 2.30. The lowest BCUT2D eigenvalue weighted by Gasteiger charge is -2.10. The van der Waals surface area contributed by atoms with Gasteiger partial charge in [-0.2, -0.15) is 0 Å². The molecule has 0 saturated carbocycles. The van der Waals surface area contributed by atoms with Gasteiger partial charge in [-0.05, 0) is 48.5 Å². The van der Waals surface area contributed by atoms with Crippen LogP contribution < -0.4 is 10.1 Å². The van der Waals surface area contributed by atoms with Crippen LogP contribution in [0.3, 0.4) is 0 Å². The lowest BCUT2D eigenvalue weighted by atomic mass is 10.1. The number of anilines is 1. The van der Waals surface area contributed by atoms with Gasteiger partial charge in [-0.3, -0.25) is 4.79 Å². The predicted molar refractivity (Wildman–Crippen MR) is 105 cm³/mol. The van der Waals surface area contributed by atoms with E-state index in [2.05, 4.69) is 10.3 Å². The number of hydrogen-bond donors (Lipinski definition) is 1. The monoisotopic (exact) mass is 378 g/mol. The number of hydrogen-bond acceptors (Lipinski definition) is 4. The van der Waals surface area contributed by atoms with E-state index < -0.39 is 0 Å². The second kappa shape index (κ2) is 7.51. The van der Waals surface area contributed by atoms with Crippen LogP contribution in [0.5, 0.6) is 5.75 Å². The molecule has 0 saturated heterocycles. The maximum atomic E-state index is 12.3. The minimum absolute atomic E-state index is 0.122. The van der Waals surface area contributed by atoms with Crippen LogP contribution in [-0.4, -0.2) is 17.5 Å². The van der Waals surface area contributed by atoms with E-state index in [-0.39, 0.29) is 12.5 Å². The molecule has 5 nitrogen and oxygen atoms in total. The Kier molecular flexibility index (Phi) is 4.77. The molecule has 0 radical (unpaired) electrons. The summed E-state index contributed by atoms with van der Waals surface area (Å²) in [4.78, 5) is 16.8. The lowest BCUT2D eigenvalue weighted by molar-refractivity contribution is -0.118. The molecule has 4 aromatic rings. The molecule has 0 aliphatic carbocycles. The molecule has 1 N–H and O–H groups in total. The summed E-state index contributed by atoms with van der Waals surface area (Å²) in [5.41, 5.74) is 2.77. The Morgan fingerprint density at radius 3 is 2.56 bits per heavy atom. The Bertz CT molecular complexity index is 1060. The first-order chi connectivity index (χ1) is 13.2. The van der Waals surface area contributed by atoms with Crippen LogP contribution >= 0.6 is 11.6 Å². The summed E-state index contributed by atoms with van der Waals surface area (Å²) in [6.07, 6.45) is 0.